The lowest BCUT2D eigenvalue weighted by molar-refractivity contribution is -0.124. The second-order valence-corrected chi connectivity index (χ2v) is 6.17. The van der Waals surface area contributed by atoms with Gasteiger partial charge in [0, 0.05) is 11.1 Å². The van der Waals surface area contributed by atoms with Crippen molar-refractivity contribution in [3.8, 4) is 11.5 Å². The molecule has 6 heteroatoms. The van der Waals surface area contributed by atoms with Gasteiger partial charge >= 0.3 is 0 Å². The summed E-state index contributed by atoms with van der Waals surface area (Å²) < 4.78 is 23.7. The largest absolute Gasteiger partial charge is 0.497 e. The molecule has 24 heavy (non-hydrogen) atoms. The molecule has 2 rings (SSSR count). The van der Waals surface area contributed by atoms with Crippen LogP contribution in [0.2, 0.25) is 5.02 Å². The summed E-state index contributed by atoms with van der Waals surface area (Å²) in [6.45, 7) is 3.42. The van der Waals surface area contributed by atoms with Crippen molar-refractivity contribution in [1.82, 2.24) is 5.32 Å². The molecule has 4 nitrogen and oxygen atoms in total. The lowest BCUT2D eigenvalue weighted by Crippen LogP contribution is -2.43. The van der Waals surface area contributed by atoms with Crippen molar-refractivity contribution in [2.24, 2.45) is 0 Å². The fraction of sp³-hybridized carbons (Fsp3) is 0.278. The van der Waals surface area contributed by atoms with Crippen LogP contribution in [0.1, 0.15) is 19.4 Å². The molecule has 2 aromatic carbocycles. The summed E-state index contributed by atoms with van der Waals surface area (Å²) in [6.07, 6.45) is 0. The van der Waals surface area contributed by atoms with E-state index in [9.17, 15) is 9.18 Å². The molecule has 1 N–H and O–H groups in total. The fourth-order valence-electron chi connectivity index (χ4n) is 2.29. The zero-order valence-corrected chi connectivity index (χ0v) is 14.5. The van der Waals surface area contributed by atoms with Gasteiger partial charge in [0.25, 0.3) is 5.91 Å². The van der Waals surface area contributed by atoms with E-state index in [1.807, 2.05) is 0 Å². The lowest BCUT2D eigenvalue weighted by atomic mass is 9.94. The van der Waals surface area contributed by atoms with Crippen LogP contribution in [0.3, 0.4) is 0 Å². The number of hydrogen-bond donors (Lipinski definition) is 1. The van der Waals surface area contributed by atoms with E-state index in [2.05, 4.69) is 5.32 Å². The molecule has 0 heterocycles. The number of nitrogens with one attached hydrogen (secondary N) is 1. The Hall–Kier alpha value is -2.27. The molecule has 0 saturated carbocycles. The van der Waals surface area contributed by atoms with Crippen molar-refractivity contribution >= 4 is 17.5 Å². The van der Waals surface area contributed by atoms with Gasteiger partial charge in [-0.05, 0) is 43.7 Å². The zero-order valence-electron chi connectivity index (χ0n) is 13.7. The molecule has 0 atom stereocenters. The van der Waals surface area contributed by atoms with Crippen LogP contribution in [-0.4, -0.2) is 19.6 Å². The molecule has 0 bridgehead atoms. The molecular weight excluding hydrogens is 333 g/mol. The summed E-state index contributed by atoms with van der Waals surface area (Å²) in [6, 6.07) is 11.1. The zero-order chi connectivity index (χ0) is 17.7. The van der Waals surface area contributed by atoms with Gasteiger partial charge in [-0.15, -0.1) is 0 Å². The van der Waals surface area contributed by atoms with Gasteiger partial charge in [0.15, 0.2) is 6.61 Å². The van der Waals surface area contributed by atoms with Gasteiger partial charge in [0.1, 0.15) is 17.3 Å². The maximum atomic E-state index is 13.2. The number of halogens is 2. The molecule has 0 aliphatic rings. The molecule has 0 aromatic heterocycles. The number of methoxy groups -OCH3 is 1. The Balaban J connectivity index is 2.00. The first-order valence-electron chi connectivity index (χ1n) is 7.35. The minimum atomic E-state index is -0.764. The Morgan fingerprint density at radius 3 is 2.58 bits per heavy atom. The number of amides is 1. The third kappa shape index (κ3) is 4.61. The van der Waals surface area contributed by atoms with Crippen LogP contribution >= 0.6 is 11.6 Å². The third-order valence-corrected chi connectivity index (χ3v) is 3.78. The fourth-order valence-corrected chi connectivity index (χ4v) is 2.69. The summed E-state index contributed by atoms with van der Waals surface area (Å²) in [5.41, 5.74) is -0.139. The van der Waals surface area contributed by atoms with E-state index in [-0.39, 0.29) is 17.5 Å². The van der Waals surface area contributed by atoms with Crippen LogP contribution in [0.5, 0.6) is 11.5 Å². The van der Waals surface area contributed by atoms with Crippen molar-refractivity contribution in [1.29, 1.82) is 0 Å². The van der Waals surface area contributed by atoms with Gasteiger partial charge in [-0.2, -0.15) is 0 Å². The normalized spacial score (nSPS) is 11.0. The summed E-state index contributed by atoms with van der Waals surface area (Å²) in [7, 11) is 1.56. The van der Waals surface area contributed by atoms with Crippen LogP contribution in [0.4, 0.5) is 4.39 Å². The summed E-state index contributed by atoms with van der Waals surface area (Å²) in [5, 5.41) is 3.09. The maximum absolute atomic E-state index is 13.2. The van der Waals surface area contributed by atoms with Gasteiger partial charge in [0.2, 0.25) is 0 Å². The van der Waals surface area contributed by atoms with Crippen LogP contribution in [0.15, 0.2) is 42.5 Å². The average molecular weight is 352 g/mol. The van der Waals surface area contributed by atoms with Crippen molar-refractivity contribution in [3.63, 3.8) is 0 Å². The van der Waals surface area contributed by atoms with Crippen molar-refractivity contribution in [3.05, 3.63) is 58.9 Å². The second kappa shape index (κ2) is 7.53. The van der Waals surface area contributed by atoms with Gasteiger partial charge < -0.3 is 14.8 Å². The Bertz CT molecular complexity index is 734. The van der Waals surface area contributed by atoms with E-state index in [4.69, 9.17) is 21.1 Å². The predicted octanol–water partition coefficient (Wildman–Crippen LogP) is 3.92. The number of rotatable bonds is 6. The minimum absolute atomic E-state index is 0.157. The number of benzene rings is 2. The maximum Gasteiger partial charge on any atom is 0.258 e. The van der Waals surface area contributed by atoms with E-state index >= 15 is 0 Å². The molecule has 0 radical (unpaired) electrons. The standard InChI is InChI=1S/C18H19ClFNO3/c1-18(2,15-8-7-12(20)9-16(15)19)21-17(22)11-24-14-6-4-5-13(10-14)23-3/h4-10H,11H2,1-3H3,(H,21,22). The van der Waals surface area contributed by atoms with Gasteiger partial charge in [-0.25, -0.2) is 4.39 Å². The lowest BCUT2D eigenvalue weighted by Gasteiger charge is -2.28. The Morgan fingerprint density at radius 2 is 1.92 bits per heavy atom. The number of carbonyl (C=O) groups excluding carboxylic acids is 1. The van der Waals surface area contributed by atoms with Crippen molar-refractivity contribution < 1.29 is 18.7 Å². The quantitative estimate of drug-likeness (QED) is 0.858. The Morgan fingerprint density at radius 1 is 1.21 bits per heavy atom. The SMILES string of the molecule is COc1cccc(OCC(=O)NC(C)(C)c2ccc(F)cc2Cl)c1. The molecule has 0 aliphatic heterocycles. The first kappa shape index (κ1) is 18.1. The van der Waals surface area contributed by atoms with Crippen LogP contribution in [0, 0.1) is 5.82 Å². The molecule has 0 fully saturated rings. The molecule has 0 aliphatic carbocycles. The van der Waals surface area contributed by atoms with Gasteiger partial charge in [0.05, 0.1) is 12.6 Å². The molecule has 0 unspecified atom stereocenters. The molecule has 1 amide bonds. The summed E-state index contributed by atoms with van der Waals surface area (Å²) in [4.78, 5) is 12.2. The van der Waals surface area contributed by atoms with E-state index in [0.717, 1.165) is 0 Å². The molecule has 0 saturated heterocycles. The average Bonchev–Trinajstić information content (AvgIpc) is 2.52. The summed E-state index contributed by atoms with van der Waals surface area (Å²) >= 11 is 6.07. The van der Waals surface area contributed by atoms with E-state index in [0.29, 0.717) is 17.1 Å². The van der Waals surface area contributed by atoms with Crippen LogP contribution in [-0.2, 0) is 10.3 Å². The Kier molecular flexibility index (Phi) is 5.67. The molecule has 2 aromatic rings. The van der Waals surface area contributed by atoms with E-state index < -0.39 is 11.4 Å². The van der Waals surface area contributed by atoms with Gasteiger partial charge in [-0.3, -0.25) is 4.79 Å². The highest BCUT2D eigenvalue weighted by Gasteiger charge is 2.25. The topological polar surface area (TPSA) is 47.6 Å². The van der Waals surface area contributed by atoms with Gasteiger partial charge in [-0.1, -0.05) is 23.7 Å². The first-order chi connectivity index (χ1) is 11.3. The minimum Gasteiger partial charge on any atom is -0.497 e. The van der Waals surface area contributed by atoms with Crippen molar-refractivity contribution in [2.45, 2.75) is 19.4 Å². The third-order valence-electron chi connectivity index (χ3n) is 3.47. The van der Waals surface area contributed by atoms with Crippen LogP contribution in [0.25, 0.3) is 0 Å². The monoisotopic (exact) mass is 351 g/mol. The highest BCUT2D eigenvalue weighted by Crippen LogP contribution is 2.28. The predicted molar refractivity (Wildman–Crippen MR) is 91.1 cm³/mol. The van der Waals surface area contributed by atoms with Crippen LogP contribution < -0.4 is 14.8 Å². The van der Waals surface area contributed by atoms with E-state index in [1.54, 1.807) is 51.3 Å². The highest BCUT2D eigenvalue weighted by atomic mass is 35.5. The molecule has 0 spiro atoms. The highest BCUT2D eigenvalue weighted by molar-refractivity contribution is 6.31. The first-order valence-corrected chi connectivity index (χ1v) is 7.73. The molecule has 128 valence electrons. The Labute approximate surface area is 145 Å². The van der Waals surface area contributed by atoms with Crippen molar-refractivity contribution in [2.75, 3.05) is 13.7 Å². The molecular formula is C18H19ClFNO3. The number of ether oxygens (including phenoxy) is 2. The smallest absolute Gasteiger partial charge is 0.258 e. The number of carbonyl (C=O) groups is 1. The second-order valence-electron chi connectivity index (χ2n) is 5.77. The van der Waals surface area contributed by atoms with E-state index in [1.165, 1.54) is 12.1 Å². The summed E-state index contributed by atoms with van der Waals surface area (Å²) in [5.74, 6) is 0.434. The number of hydrogen-bond acceptors (Lipinski definition) is 3.